The van der Waals surface area contributed by atoms with E-state index in [1.807, 2.05) is 24.3 Å². The first kappa shape index (κ1) is 18.8. The normalized spacial score (nSPS) is 11.6. The fourth-order valence-corrected chi connectivity index (χ4v) is 2.92. The zero-order valence-corrected chi connectivity index (χ0v) is 15.5. The first-order valence-electron chi connectivity index (χ1n) is 8.30. The second-order valence-corrected chi connectivity index (χ2v) is 6.27. The maximum absolute atomic E-state index is 12.1. The Hall–Kier alpha value is -3.03. The Morgan fingerprint density at radius 3 is 2.70 bits per heavy atom. The molecule has 0 aliphatic heterocycles. The minimum absolute atomic E-state index is 0.0346. The van der Waals surface area contributed by atoms with E-state index in [9.17, 15) is 4.79 Å². The molecule has 3 aromatic rings. The number of aromatic amines is 1. The minimum Gasteiger partial charge on any atom is -0.489 e. The number of nitrogens with zero attached hydrogens (tertiary/aromatic N) is 1. The maximum Gasteiger partial charge on any atom is 0.296 e. The Morgan fingerprint density at radius 1 is 1.26 bits per heavy atom. The van der Waals surface area contributed by atoms with Gasteiger partial charge in [-0.3, -0.25) is 4.79 Å². The summed E-state index contributed by atoms with van der Waals surface area (Å²) in [7, 11) is 1.58. The van der Waals surface area contributed by atoms with Crippen molar-refractivity contribution >= 4 is 34.4 Å². The van der Waals surface area contributed by atoms with E-state index < -0.39 is 5.91 Å². The zero-order chi connectivity index (χ0) is 19.4. The van der Waals surface area contributed by atoms with Gasteiger partial charge in [0.25, 0.3) is 5.91 Å². The van der Waals surface area contributed by atoms with Gasteiger partial charge in [-0.05, 0) is 23.3 Å². The summed E-state index contributed by atoms with van der Waals surface area (Å²) in [6, 6.07) is 13.0. The van der Waals surface area contributed by atoms with Crippen LogP contribution in [0, 0.1) is 0 Å². The van der Waals surface area contributed by atoms with Crippen molar-refractivity contribution in [1.82, 2.24) is 10.3 Å². The van der Waals surface area contributed by atoms with E-state index in [0.717, 1.165) is 11.1 Å². The Morgan fingerprint density at radius 2 is 2.00 bits per heavy atom. The van der Waals surface area contributed by atoms with E-state index in [-0.39, 0.29) is 11.7 Å². The molecule has 7 nitrogen and oxygen atoms in total. The van der Waals surface area contributed by atoms with Crippen LogP contribution >= 0.6 is 11.6 Å². The van der Waals surface area contributed by atoms with Crippen molar-refractivity contribution in [3.05, 3.63) is 64.3 Å². The molecule has 140 valence electrons. The summed E-state index contributed by atoms with van der Waals surface area (Å²) in [5.74, 6) is 0.124. The molecule has 0 bridgehead atoms. The molecule has 1 heterocycles. The van der Waals surface area contributed by atoms with Crippen LogP contribution in [0.25, 0.3) is 10.9 Å². The lowest BCUT2D eigenvalue weighted by atomic mass is 10.1. The van der Waals surface area contributed by atoms with Gasteiger partial charge < -0.3 is 26.5 Å². The number of H-pyrrole nitrogens is 1. The van der Waals surface area contributed by atoms with Crippen LogP contribution in [0.2, 0.25) is 5.02 Å². The van der Waals surface area contributed by atoms with Crippen molar-refractivity contribution in [2.75, 3.05) is 7.05 Å². The van der Waals surface area contributed by atoms with E-state index in [0.29, 0.717) is 34.8 Å². The van der Waals surface area contributed by atoms with Gasteiger partial charge in [0.1, 0.15) is 18.1 Å². The Bertz CT molecular complexity index is 1010. The largest absolute Gasteiger partial charge is 0.489 e. The van der Waals surface area contributed by atoms with Gasteiger partial charge in [-0.1, -0.05) is 35.9 Å². The number of halogens is 1. The summed E-state index contributed by atoms with van der Waals surface area (Å²) in [4.78, 5) is 18.9. The number of aliphatic imine (C=N–C) groups is 1. The van der Waals surface area contributed by atoms with Crippen molar-refractivity contribution in [3.8, 4) is 5.75 Å². The molecule has 0 saturated heterocycles. The number of nitrogens with one attached hydrogen (secondary N) is 2. The number of amides is 1. The van der Waals surface area contributed by atoms with Crippen molar-refractivity contribution < 1.29 is 9.53 Å². The summed E-state index contributed by atoms with van der Waals surface area (Å²) in [5.41, 5.74) is 14.3. The molecule has 0 spiro atoms. The van der Waals surface area contributed by atoms with Gasteiger partial charge >= 0.3 is 0 Å². The summed E-state index contributed by atoms with van der Waals surface area (Å²) in [5, 5.41) is 3.77. The topological polar surface area (TPSA) is 119 Å². The number of benzene rings is 2. The summed E-state index contributed by atoms with van der Waals surface area (Å²) < 4.78 is 5.87. The number of nitrogens with two attached hydrogens (primary N) is 2. The van der Waals surface area contributed by atoms with Gasteiger partial charge in [0, 0.05) is 25.0 Å². The molecular formula is C19H20ClN5O2. The van der Waals surface area contributed by atoms with E-state index in [1.54, 1.807) is 25.2 Å². The average Bonchev–Trinajstić information content (AvgIpc) is 3.11. The van der Waals surface area contributed by atoms with Gasteiger partial charge in [-0.15, -0.1) is 0 Å². The number of hydrogen-bond acceptors (Lipinski definition) is 3. The second-order valence-electron chi connectivity index (χ2n) is 5.86. The van der Waals surface area contributed by atoms with Gasteiger partial charge in [-0.25, -0.2) is 0 Å². The summed E-state index contributed by atoms with van der Waals surface area (Å²) in [6.45, 7) is 0.808. The quantitative estimate of drug-likeness (QED) is 0.397. The third kappa shape index (κ3) is 4.21. The Kier molecular flexibility index (Phi) is 5.63. The van der Waals surface area contributed by atoms with Crippen molar-refractivity contribution in [2.45, 2.75) is 13.2 Å². The molecule has 8 heteroatoms. The molecule has 0 fully saturated rings. The number of carbonyl (C=O) groups is 1. The van der Waals surface area contributed by atoms with E-state index in [2.05, 4.69) is 15.3 Å². The van der Waals surface area contributed by atoms with Crippen LogP contribution in [-0.4, -0.2) is 23.9 Å². The first-order chi connectivity index (χ1) is 13.0. The van der Waals surface area contributed by atoms with Gasteiger partial charge in [-0.2, -0.15) is 4.99 Å². The predicted octanol–water partition coefficient (Wildman–Crippen LogP) is 2.53. The van der Waals surface area contributed by atoms with E-state index in [4.69, 9.17) is 27.8 Å². The van der Waals surface area contributed by atoms with Crippen LogP contribution in [0.4, 0.5) is 0 Å². The lowest BCUT2D eigenvalue weighted by molar-refractivity contribution is 0.0998. The molecule has 2 aromatic carbocycles. The molecule has 0 radical (unpaired) electrons. The maximum atomic E-state index is 12.1. The molecule has 0 aliphatic carbocycles. The smallest absolute Gasteiger partial charge is 0.296 e. The molecule has 0 aliphatic rings. The number of carbonyl (C=O) groups excluding carboxylic acids is 1. The van der Waals surface area contributed by atoms with E-state index in [1.165, 1.54) is 0 Å². The van der Waals surface area contributed by atoms with Crippen LogP contribution < -0.4 is 21.5 Å². The molecule has 0 saturated carbocycles. The molecule has 1 aromatic heterocycles. The number of fused-ring (bicyclic) bond motifs is 1. The predicted molar refractivity (Wildman–Crippen MR) is 107 cm³/mol. The molecule has 27 heavy (non-hydrogen) atoms. The molecule has 1 amide bonds. The van der Waals surface area contributed by atoms with Crippen molar-refractivity contribution in [1.29, 1.82) is 0 Å². The first-order valence-corrected chi connectivity index (χ1v) is 8.67. The standard InChI is InChI=1S/C19H20ClN5O2/c1-23-19(22)25-18(26)17-8-14-15(20)6-13(7-16(14)24-17)27-10-12-5-3-2-4-11(12)9-21/h2-8,24H,9-10,21H2,1H3,(H3,22,23,25,26). The van der Waals surface area contributed by atoms with Crippen LogP contribution in [0.15, 0.2) is 47.5 Å². The fraction of sp³-hybridized carbons (Fsp3) is 0.158. The minimum atomic E-state index is -0.492. The third-order valence-electron chi connectivity index (χ3n) is 4.10. The highest BCUT2D eigenvalue weighted by atomic mass is 35.5. The molecule has 3 rings (SSSR count). The molecule has 0 unspecified atom stereocenters. The second kappa shape index (κ2) is 8.11. The number of rotatable bonds is 5. The van der Waals surface area contributed by atoms with Crippen LogP contribution in [0.1, 0.15) is 21.6 Å². The average molecular weight is 386 g/mol. The van der Waals surface area contributed by atoms with Crippen molar-refractivity contribution in [2.24, 2.45) is 16.5 Å². The zero-order valence-electron chi connectivity index (χ0n) is 14.8. The van der Waals surface area contributed by atoms with Gasteiger partial charge in [0.15, 0.2) is 5.96 Å². The monoisotopic (exact) mass is 385 g/mol. The lowest BCUT2D eigenvalue weighted by Gasteiger charge is -2.10. The van der Waals surface area contributed by atoms with Crippen LogP contribution in [0.5, 0.6) is 5.75 Å². The fourth-order valence-electron chi connectivity index (χ4n) is 2.65. The third-order valence-corrected chi connectivity index (χ3v) is 4.41. The number of hydrogen-bond donors (Lipinski definition) is 4. The SMILES string of the molecule is CNC(N)=NC(=O)c1cc2c(Cl)cc(OCc3ccccc3CN)cc2[nH]1. The summed E-state index contributed by atoms with van der Waals surface area (Å²) in [6.07, 6.45) is 0. The highest BCUT2D eigenvalue weighted by Crippen LogP contribution is 2.30. The highest BCUT2D eigenvalue weighted by Gasteiger charge is 2.13. The lowest BCUT2D eigenvalue weighted by Crippen LogP contribution is -2.28. The molecular weight excluding hydrogens is 366 g/mol. The number of ether oxygens (including phenoxy) is 1. The van der Waals surface area contributed by atoms with E-state index >= 15 is 0 Å². The molecule has 0 atom stereocenters. The van der Waals surface area contributed by atoms with Crippen LogP contribution in [0.3, 0.4) is 0 Å². The summed E-state index contributed by atoms with van der Waals surface area (Å²) >= 11 is 6.35. The number of guanidine groups is 1. The number of aromatic nitrogens is 1. The Labute approximate surface area is 161 Å². The Balaban J connectivity index is 1.85. The molecule has 6 N–H and O–H groups in total. The van der Waals surface area contributed by atoms with Gasteiger partial charge in [0.05, 0.1) is 10.5 Å². The highest BCUT2D eigenvalue weighted by molar-refractivity contribution is 6.35. The van der Waals surface area contributed by atoms with Gasteiger partial charge in [0.2, 0.25) is 0 Å². The van der Waals surface area contributed by atoms with Crippen LogP contribution in [-0.2, 0) is 13.2 Å². The van der Waals surface area contributed by atoms with Crippen molar-refractivity contribution in [3.63, 3.8) is 0 Å².